The van der Waals surface area contributed by atoms with E-state index in [1.807, 2.05) is 0 Å². The highest BCUT2D eigenvalue weighted by molar-refractivity contribution is 6.37. The van der Waals surface area contributed by atoms with Crippen LogP contribution >= 0.6 is 0 Å². The number of hydrogen-bond donors (Lipinski definition) is 0. The van der Waals surface area contributed by atoms with E-state index in [0.29, 0.717) is 0 Å². The lowest BCUT2D eigenvalue weighted by molar-refractivity contribution is 0.590. The Kier molecular flexibility index (Phi) is 9.74. The van der Waals surface area contributed by atoms with E-state index in [-0.39, 0.29) is 21.7 Å². The summed E-state index contributed by atoms with van der Waals surface area (Å²) in [4.78, 5) is 0. The fourth-order valence-corrected chi connectivity index (χ4v) is 13.7. The van der Waals surface area contributed by atoms with Crippen LogP contribution in [0.25, 0.3) is 148 Å². The van der Waals surface area contributed by atoms with Crippen LogP contribution < -0.4 is 0 Å². The molecule has 6 heteroatoms. The van der Waals surface area contributed by atoms with Crippen LogP contribution in [0, 0.1) is 0 Å². The average Bonchev–Trinajstić information content (AvgIpc) is 1.67. The van der Waals surface area contributed by atoms with E-state index in [0.717, 1.165) is 127 Å². The summed E-state index contributed by atoms with van der Waals surface area (Å²) < 4.78 is 29.1. The number of hydrogen-bond acceptors (Lipinski definition) is 3. The van der Waals surface area contributed by atoms with Gasteiger partial charge < -0.3 is 27.0 Å². The summed E-state index contributed by atoms with van der Waals surface area (Å²) in [5.41, 5.74) is 19.5. The SMILES string of the molecule is CC(C)(C)c1ccc2c(c1)c1cc(C(C)(C)C)ccc1n2-c1cc2c(c3c1oc1ccccc13)c1c3c(oc4ccccc43)c(-n3c4ccc(C(C)(C)C)cc4c4cc(C(C)(C)C)ccc43)cc1n2-c1cccc2oc3ccccc3c12. The van der Waals surface area contributed by atoms with Gasteiger partial charge in [-0.15, -0.1) is 0 Å². The van der Waals surface area contributed by atoms with Crippen molar-refractivity contribution in [3.05, 3.63) is 198 Å². The molecule has 0 aliphatic rings. The second kappa shape index (κ2) is 16.3. The van der Waals surface area contributed by atoms with E-state index in [2.05, 4.69) is 273 Å². The van der Waals surface area contributed by atoms with Crippen molar-refractivity contribution >= 4 is 131 Å². The molecule has 10 aromatic carbocycles. The lowest BCUT2D eigenvalue weighted by Crippen LogP contribution is -2.10. The topological polar surface area (TPSA) is 54.2 Å². The molecule has 0 aliphatic carbocycles. The van der Waals surface area contributed by atoms with Gasteiger partial charge in [0.05, 0.1) is 55.5 Å². The van der Waals surface area contributed by atoms with Crippen molar-refractivity contribution in [2.24, 2.45) is 0 Å². The van der Waals surface area contributed by atoms with Gasteiger partial charge in [0.25, 0.3) is 0 Å². The van der Waals surface area contributed by atoms with Gasteiger partial charge in [0.15, 0.2) is 11.2 Å². The third-order valence-corrected chi connectivity index (χ3v) is 18.0. The number of para-hydroxylation sites is 3. The van der Waals surface area contributed by atoms with E-state index in [9.17, 15) is 0 Å². The first kappa shape index (κ1) is 48.9. The predicted molar refractivity (Wildman–Crippen MR) is 346 cm³/mol. The van der Waals surface area contributed by atoms with Crippen molar-refractivity contribution in [2.45, 2.75) is 105 Å². The Morgan fingerprint density at radius 2 is 0.561 bits per heavy atom. The fourth-order valence-electron chi connectivity index (χ4n) is 13.7. The highest BCUT2D eigenvalue weighted by atomic mass is 16.3. The van der Waals surface area contributed by atoms with Gasteiger partial charge in [0.1, 0.15) is 22.3 Å². The van der Waals surface area contributed by atoms with Gasteiger partial charge in [-0.05, 0) is 135 Å². The Hall–Kier alpha value is -9.00. The number of nitrogens with zero attached hydrogens (tertiary/aromatic N) is 3. The minimum atomic E-state index is -0.0558. The number of benzene rings is 10. The second-order valence-electron chi connectivity index (χ2n) is 27.4. The summed E-state index contributed by atoms with van der Waals surface area (Å²) in [6.07, 6.45) is 0. The number of rotatable bonds is 3. The maximum atomic E-state index is 7.40. The summed E-state index contributed by atoms with van der Waals surface area (Å²) in [5, 5.41) is 13.4. The van der Waals surface area contributed by atoms with Gasteiger partial charge >= 0.3 is 0 Å². The van der Waals surface area contributed by atoms with Crippen molar-refractivity contribution in [1.29, 1.82) is 0 Å². The Morgan fingerprint density at radius 3 is 0.927 bits per heavy atom. The normalized spacial score (nSPS) is 13.4. The van der Waals surface area contributed by atoms with Crippen LogP contribution in [-0.2, 0) is 21.7 Å². The van der Waals surface area contributed by atoms with E-state index in [1.54, 1.807) is 0 Å². The van der Waals surface area contributed by atoms with Crippen LogP contribution in [0.3, 0.4) is 0 Å². The van der Waals surface area contributed by atoms with Crippen LogP contribution in [-0.4, -0.2) is 13.7 Å². The molecule has 0 unspecified atom stereocenters. The highest BCUT2D eigenvalue weighted by Crippen LogP contribution is 2.52. The van der Waals surface area contributed by atoms with E-state index < -0.39 is 0 Å². The lowest BCUT2D eigenvalue weighted by Gasteiger charge is -2.19. The Labute approximate surface area is 475 Å². The Morgan fingerprint density at radius 1 is 0.244 bits per heavy atom. The zero-order valence-electron chi connectivity index (χ0n) is 48.8. The molecule has 0 aliphatic heterocycles. The summed E-state index contributed by atoms with van der Waals surface area (Å²) in [5.74, 6) is 0. The van der Waals surface area contributed by atoms with Crippen molar-refractivity contribution in [2.75, 3.05) is 0 Å². The standard InChI is InChI=1S/C76H65N3O3/c1-73(2,3)42-28-32-53-49(36-42)50-37-43(74(4,5)6)29-33-54(50)77(53)60-40-58-69(67-47-21-14-17-25-63(47)81-71(60)67)70-59(79(58)57-23-19-27-65-66(57)46-20-13-16-24-62(46)80-65)41-61(72-68(70)48-22-15-18-26-64(48)82-72)78-55-34-30-44(75(7,8)9)38-51(55)52-39-45(76(10,11)12)31-35-56(52)78/h13-41H,1-12H3. The summed E-state index contributed by atoms with van der Waals surface area (Å²) in [6, 6.07) is 65.4. The van der Waals surface area contributed by atoms with E-state index in [4.69, 9.17) is 13.3 Å². The number of fused-ring (bicyclic) bond motifs is 20. The maximum Gasteiger partial charge on any atom is 0.160 e. The largest absolute Gasteiger partial charge is 0.456 e. The first-order valence-corrected chi connectivity index (χ1v) is 29.1. The van der Waals surface area contributed by atoms with Gasteiger partial charge in [0, 0.05) is 59.2 Å². The molecule has 0 amide bonds. The molecule has 0 fully saturated rings. The third kappa shape index (κ3) is 6.81. The fraction of sp³-hybridized carbons (Fsp3) is 0.211. The minimum absolute atomic E-state index is 0.0558. The van der Waals surface area contributed by atoms with Gasteiger partial charge in [-0.2, -0.15) is 0 Å². The smallest absolute Gasteiger partial charge is 0.160 e. The van der Waals surface area contributed by atoms with Gasteiger partial charge in [-0.1, -0.05) is 168 Å². The summed E-state index contributed by atoms with van der Waals surface area (Å²) in [7, 11) is 0. The number of aromatic nitrogens is 3. The molecule has 0 spiro atoms. The zero-order valence-corrected chi connectivity index (χ0v) is 48.8. The summed E-state index contributed by atoms with van der Waals surface area (Å²) in [6.45, 7) is 27.7. The molecule has 6 aromatic heterocycles. The van der Waals surface area contributed by atoms with E-state index >= 15 is 0 Å². The molecular formula is C76H65N3O3. The monoisotopic (exact) mass is 1070 g/mol. The Balaban J connectivity index is 1.15. The van der Waals surface area contributed by atoms with Crippen molar-refractivity contribution in [3.63, 3.8) is 0 Å². The first-order chi connectivity index (χ1) is 39.2. The molecule has 16 rings (SSSR count). The molecule has 6 heterocycles. The molecule has 0 saturated heterocycles. The molecule has 0 N–H and O–H groups in total. The average molecular weight is 1070 g/mol. The molecule has 402 valence electrons. The summed E-state index contributed by atoms with van der Waals surface area (Å²) >= 11 is 0. The molecule has 0 atom stereocenters. The molecule has 0 saturated carbocycles. The van der Waals surface area contributed by atoms with Crippen molar-refractivity contribution in [1.82, 2.24) is 13.7 Å². The Bertz CT molecular complexity index is 5010. The van der Waals surface area contributed by atoms with Crippen LogP contribution in [0.15, 0.2) is 189 Å². The molecule has 0 radical (unpaired) electrons. The molecule has 82 heavy (non-hydrogen) atoms. The third-order valence-electron chi connectivity index (χ3n) is 18.0. The van der Waals surface area contributed by atoms with Crippen molar-refractivity contribution < 1.29 is 13.3 Å². The van der Waals surface area contributed by atoms with Crippen LogP contribution in [0.4, 0.5) is 0 Å². The molecule has 0 bridgehead atoms. The van der Waals surface area contributed by atoms with Crippen LogP contribution in [0.1, 0.15) is 105 Å². The van der Waals surface area contributed by atoms with Crippen LogP contribution in [0.2, 0.25) is 0 Å². The van der Waals surface area contributed by atoms with Gasteiger partial charge in [-0.25, -0.2) is 0 Å². The lowest BCUT2D eigenvalue weighted by atomic mass is 9.85. The zero-order chi connectivity index (χ0) is 56.3. The molecular weight excluding hydrogens is 1000 g/mol. The molecule has 6 nitrogen and oxygen atoms in total. The highest BCUT2D eigenvalue weighted by Gasteiger charge is 2.32. The minimum Gasteiger partial charge on any atom is -0.456 e. The first-order valence-electron chi connectivity index (χ1n) is 29.1. The molecule has 16 aromatic rings. The quantitative estimate of drug-likeness (QED) is 0.177. The van der Waals surface area contributed by atoms with E-state index in [1.165, 1.54) is 43.8 Å². The van der Waals surface area contributed by atoms with Gasteiger partial charge in [0.2, 0.25) is 0 Å². The van der Waals surface area contributed by atoms with Crippen LogP contribution in [0.5, 0.6) is 0 Å². The van der Waals surface area contributed by atoms with Gasteiger partial charge in [-0.3, -0.25) is 0 Å². The maximum absolute atomic E-state index is 7.40. The predicted octanol–water partition coefficient (Wildman–Crippen LogP) is 21.9. The number of furan rings is 3. The second-order valence-corrected chi connectivity index (χ2v) is 27.4. The van der Waals surface area contributed by atoms with Crippen molar-refractivity contribution in [3.8, 4) is 17.1 Å².